The highest BCUT2D eigenvalue weighted by atomic mass is 16.5. The van der Waals surface area contributed by atoms with Gasteiger partial charge in [-0.25, -0.2) is 0 Å². The second-order valence-electron chi connectivity index (χ2n) is 5.91. The predicted octanol–water partition coefficient (Wildman–Crippen LogP) is 3.74. The van der Waals surface area contributed by atoms with Gasteiger partial charge >= 0.3 is 0 Å². The minimum absolute atomic E-state index is 0.0719. The van der Waals surface area contributed by atoms with Crippen molar-refractivity contribution < 1.29 is 14.3 Å². The first kappa shape index (κ1) is 14.7. The van der Waals surface area contributed by atoms with Crippen LogP contribution < -0.4 is 4.90 Å². The zero-order chi connectivity index (χ0) is 16.8. The topological polar surface area (TPSA) is 46.6 Å². The van der Waals surface area contributed by atoms with E-state index in [2.05, 4.69) is 0 Å². The van der Waals surface area contributed by atoms with Gasteiger partial charge in [0.25, 0.3) is 5.91 Å². The molecule has 0 saturated carbocycles. The fourth-order valence-corrected chi connectivity index (χ4v) is 3.65. The van der Waals surface area contributed by atoms with E-state index in [9.17, 15) is 9.59 Å². The molecule has 0 bridgehead atoms. The van der Waals surface area contributed by atoms with Gasteiger partial charge in [0.2, 0.25) is 0 Å². The van der Waals surface area contributed by atoms with Crippen LogP contribution >= 0.6 is 0 Å². The highest BCUT2D eigenvalue weighted by Gasteiger charge is 2.46. The Morgan fingerprint density at radius 1 is 1.08 bits per heavy atom. The molecule has 24 heavy (non-hydrogen) atoms. The Morgan fingerprint density at radius 3 is 2.46 bits per heavy atom. The second-order valence-corrected chi connectivity index (χ2v) is 5.91. The fourth-order valence-electron chi connectivity index (χ4n) is 3.65. The number of anilines is 1. The summed E-state index contributed by atoms with van der Waals surface area (Å²) in [6.45, 7) is 3.89. The van der Waals surface area contributed by atoms with Crippen molar-refractivity contribution in [2.45, 2.75) is 19.9 Å². The maximum Gasteiger partial charge on any atom is 0.259 e. The molecule has 1 atom stereocenters. The highest BCUT2D eigenvalue weighted by molar-refractivity contribution is 6.17. The van der Waals surface area contributed by atoms with E-state index in [1.54, 1.807) is 4.90 Å². The molecule has 0 fully saturated rings. The molecule has 1 unspecified atom stereocenters. The molecule has 2 aliphatic rings. The fraction of sp³-hybridized carbons (Fsp3) is 0.200. The van der Waals surface area contributed by atoms with Gasteiger partial charge in [0.05, 0.1) is 23.9 Å². The van der Waals surface area contributed by atoms with E-state index < -0.39 is 6.04 Å². The third-order valence-corrected chi connectivity index (χ3v) is 4.56. The Balaban J connectivity index is 2.07. The minimum atomic E-state index is -0.414. The molecule has 4 nitrogen and oxygen atoms in total. The van der Waals surface area contributed by atoms with Gasteiger partial charge in [-0.3, -0.25) is 14.5 Å². The van der Waals surface area contributed by atoms with Gasteiger partial charge in [-0.1, -0.05) is 30.3 Å². The first-order valence-corrected chi connectivity index (χ1v) is 8.05. The number of carbonyl (C=O) groups is 2. The summed E-state index contributed by atoms with van der Waals surface area (Å²) in [5.41, 5.74) is 3.64. The summed E-state index contributed by atoms with van der Waals surface area (Å²) in [7, 11) is 0. The lowest BCUT2D eigenvalue weighted by molar-refractivity contribution is -0.113. The average molecular weight is 319 g/mol. The summed E-state index contributed by atoms with van der Waals surface area (Å²) in [5.74, 6) is 0.441. The highest BCUT2D eigenvalue weighted by Crippen LogP contribution is 2.50. The van der Waals surface area contributed by atoms with Crippen molar-refractivity contribution in [3.63, 3.8) is 0 Å². The number of hydrogen-bond donors (Lipinski definition) is 0. The quantitative estimate of drug-likeness (QED) is 0.866. The molecule has 1 amide bonds. The Bertz CT molecular complexity index is 897. The summed E-state index contributed by atoms with van der Waals surface area (Å²) in [4.78, 5) is 27.2. The summed E-state index contributed by atoms with van der Waals surface area (Å²) in [6.07, 6.45) is 0. The van der Waals surface area contributed by atoms with E-state index in [1.807, 2.05) is 55.5 Å². The van der Waals surface area contributed by atoms with Crippen LogP contribution in [0.1, 0.15) is 41.4 Å². The number of benzene rings is 2. The molecular weight excluding hydrogens is 302 g/mol. The SMILES string of the molecule is CCOC1=C(C(C)=O)C2c3ccccc3C(=O)N2c2ccccc21. The lowest BCUT2D eigenvalue weighted by atomic mass is 9.89. The molecule has 2 aliphatic heterocycles. The van der Waals surface area contributed by atoms with Gasteiger partial charge in [-0.05, 0) is 37.6 Å². The molecule has 0 aromatic heterocycles. The molecule has 120 valence electrons. The standard InChI is InChI=1S/C20H17NO3/c1-3-24-19-15-10-6-7-11-16(15)21-18(17(19)12(2)22)13-8-4-5-9-14(13)20(21)23/h4-11,18H,3H2,1-2H3. The molecule has 2 heterocycles. The lowest BCUT2D eigenvalue weighted by Crippen LogP contribution is -2.35. The van der Waals surface area contributed by atoms with E-state index in [-0.39, 0.29) is 11.7 Å². The number of ether oxygens (including phenoxy) is 1. The van der Waals surface area contributed by atoms with E-state index >= 15 is 0 Å². The summed E-state index contributed by atoms with van der Waals surface area (Å²) in [6, 6.07) is 14.7. The van der Waals surface area contributed by atoms with Crippen molar-refractivity contribution in [3.8, 4) is 0 Å². The number of fused-ring (bicyclic) bond motifs is 5. The van der Waals surface area contributed by atoms with Crippen LogP contribution in [-0.4, -0.2) is 18.3 Å². The van der Waals surface area contributed by atoms with Crippen molar-refractivity contribution in [1.82, 2.24) is 0 Å². The second kappa shape index (κ2) is 5.34. The smallest absolute Gasteiger partial charge is 0.259 e. The van der Waals surface area contributed by atoms with Gasteiger partial charge in [-0.15, -0.1) is 0 Å². The number of carbonyl (C=O) groups excluding carboxylic acids is 2. The molecule has 4 heteroatoms. The molecule has 0 N–H and O–H groups in total. The van der Waals surface area contributed by atoms with Gasteiger partial charge in [-0.2, -0.15) is 0 Å². The lowest BCUT2D eigenvalue weighted by Gasteiger charge is -2.34. The van der Waals surface area contributed by atoms with Crippen molar-refractivity contribution in [2.75, 3.05) is 11.5 Å². The van der Waals surface area contributed by atoms with Crippen LogP contribution in [0.2, 0.25) is 0 Å². The molecular formula is C20H17NO3. The van der Waals surface area contributed by atoms with Crippen LogP contribution in [0.25, 0.3) is 5.76 Å². The Hall–Kier alpha value is -2.88. The van der Waals surface area contributed by atoms with Crippen molar-refractivity contribution in [2.24, 2.45) is 0 Å². The van der Waals surface area contributed by atoms with Crippen molar-refractivity contribution >= 4 is 23.1 Å². The number of hydrogen-bond acceptors (Lipinski definition) is 3. The molecule has 2 aromatic carbocycles. The zero-order valence-corrected chi connectivity index (χ0v) is 13.6. The first-order chi connectivity index (χ1) is 11.6. The maximum atomic E-state index is 13.0. The van der Waals surface area contributed by atoms with Gasteiger partial charge in [0.1, 0.15) is 5.76 Å². The summed E-state index contributed by atoms with van der Waals surface area (Å²) in [5, 5.41) is 0. The van der Waals surface area contributed by atoms with Crippen LogP contribution in [0.5, 0.6) is 0 Å². The van der Waals surface area contributed by atoms with Crippen molar-refractivity contribution in [3.05, 3.63) is 70.8 Å². The normalized spacial score (nSPS) is 18.2. The van der Waals surface area contributed by atoms with Crippen molar-refractivity contribution in [1.29, 1.82) is 0 Å². The number of ketones is 1. The minimum Gasteiger partial charge on any atom is -0.493 e. The molecule has 0 radical (unpaired) electrons. The summed E-state index contributed by atoms with van der Waals surface area (Å²) >= 11 is 0. The number of Topliss-reactive ketones (excluding diaryl/α,β-unsaturated/α-hetero) is 1. The molecule has 2 aromatic rings. The van der Waals surface area contributed by atoms with Crippen LogP contribution in [0.4, 0.5) is 5.69 Å². The molecule has 4 rings (SSSR count). The maximum absolute atomic E-state index is 13.0. The monoisotopic (exact) mass is 319 g/mol. The average Bonchev–Trinajstić information content (AvgIpc) is 2.89. The zero-order valence-electron chi connectivity index (χ0n) is 13.6. The van der Waals surface area contributed by atoms with E-state index in [0.717, 1.165) is 16.8 Å². The van der Waals surface area contributed by atoms with Gasteiger partial charge < -0.3 is 4.74 Å². The van der Waals surface area contributed by atoms with Gasteiger partial charge in [0, 0.05) is 11.1 Å². The van der Waals surface area contributed by atoms with E-state index in [4.69, 9.17) is 4.74 Å². The predicted molar refractivity (Wildman–Crippen MR) is 91.7 cm³/mol. The number of nitrogens with zero attached hydrogens (tertiary/aromatic N) is 1. The molecule has 0 saturated heterocycles. The molecule has 0 spiro atoms. The molecule has 0 aliphatic carbocycles. The first-order valence-electron chi connectivity index (χ1n) is 8.05. The Morgan fingerprint density at radius 2 is 1.75 bits per heavy atom. The number of para-hydroxylation sites is 1. The summed E-state index contributed by atoms with van der Waals surface area (Å²) < 4.78 is 5.86. The Kier molecular flexibility index (Phi) is 3.27. The van der Waals surface area contributed by atoms with E-state index in [0.29, 0.717) is 23.5 Å². The van der Waals surface area contributed by atoms with Gasteiger partial charge in [0.15, 0.2) is 5.78 Å². The van der Waals surface area contributed by atoms with Crippen LogP contribution in [0.15, 0.2) is 54.1 Å². The number of amides is 1. The third-order valence-electron chi connectivity index (χ3n) is 4.56. The largest absolute Gasteiger partial charge is 0.493 e. The third kappa shape index (κ3) is 1.86. The number of rotatable bonds is 3. The van der Waals surface area contributed by atoms with Crippen LogP contribution in [-0.2, 0) is 9.53 Å². The Labute approximate surface area is 140 Å². The van der Waals surface area contributed by atoms with E-state index in [1.165, 1.54) is 6.92 Å². The van der Waals surface area contributed by atoms with Crippen LogP contribution in [0.3, 0.4) is 0 Å². The van der Waals surface area contributed by atoms with Crippen LogP contribution in [0, 0.1) is 0 Å².